The molecule has 6 nitrogen and oxygen atoms in total. The molecule has 160 valence electrons. The van der Waals surface area contributed by atoms with Gasteiger partial charge in [0.15, 0.2) is 5.75 Å². The number of ether oxygens (including phenoxy) is 2. The van der Waals surface area contributed by atoms with Crippen LogP contribution in [0.2, 0.25) is 5.02 Å². The van der Waals surface area contributed by atoms with Crippen molar-refractivity contribution in [1.29, 1.82) is 0 Å². The number of aromatic nitrogens is 2. The minimum absolute atomic E-state index is 0.197. The lowest BCUT2D eigenvalue weighted by atomic mass is 10.0. The Hall–Kier alpha value is -3.90. The van der Waals surface area contributed by atoms with Crippen molar-refractivity contribution < 1.29 is 14.6 Å². The van der Waals surface area contributed by atoms with E-state index in [0.717, 1.165) is 22.0 Å². The van der Waals surface area contributed by atoms with Gasteiger partial charge >= 0.3 is 0 Å². The number of pyridine rings is 1. The average molecular weight is 447 g/mol. The fraction of sp³-hybridized carbons (Fsp3) is 0.0800. The number of hydrogen-bond donors (Lipinski definition) is 2. The van der Waals surface area contributed by atoms with Gasteiger partial charge in [0.2, 0.25) is 5.75 Å². The van der Waals surface area contributed by atoms with Crippen LogP contribution >= 0.6 is 11.6 Å². The molecule has 0 saturated carbocycles. The lowest BCUT2D eigenvalue weighted by molar-refractivity contribution is 0.397. The number of nitrogens with one attached hydrogen (secondary N) is 1. The third kappa shape index (κ3) is 3.35. The van der Waals surface area contributed by atoms with Crippen LogP contribution < -0.4 is 15.0 Å². The fourth-order valence-electron chi connectivity index (χ4n) is 3.83. The van der Waals surface area contributed by atoms with Gasteiger partial charge in [-0.15, -0.1) is 0 Å². The third-order valence-corrected chi connectivity index (χ3v) is 5.80. The summed E-state index contributed by atoms with van der Waals surface area (Å²) in [7, 11) is 3.53. The molecule has 0 spiro atoms. The maximum Gasteiger partial charge on any atom is 0.295 e. The molecule has 0 unspecified atom stereocenters. The number of rotatable bonds is 4. The van der Waals surface area contributed by atoms with Crippen LogP contribution in [0.15, 0.2) is 71.7 Å². The SMILES string of the molecule is COc1cccc(Oc2c(O)c3cc(-c4ccc5c(ccn5C)c4)c(Cl)cc3[nH]c2=O)c1. The van der Waals surface area contributed by atoms with Crippen LogP contribution in [0, 0.1) is 0 Å². The van der Waals surface area contributed by atoms with Crippen molar-refractivity contribution in [3.63, 3.8) is 0 Å². The number of methoxy groups -OCH3 is 1. The molecule has 5 rings (SSSR count). The standard InChI is InChI=1S/C25H19ClN2O4/c1-28-9-8-15-10-14(6-7-22(15)28)18-12-19-21(13-20(18)26)27-25(30)24(23(19)29)32-17-5-3-4-16(11-17)31-2/h3-13H,1-2H3,(H2,27,29,30). The molecule has 2 heterocycles. The highest BCUT2D eigenvalue weighted by atomic mass is 35.5. The largest absolute Gasteiger partial charge is 0.504 e. The Labute approximate surface area is 188 Å². The summed E-state index contributed by atoms with van der Waals surface area (Å²) in [6.07, 6.45) is 2.00. The first-order valence-electron chi connectivity index (χ1n) is 9.90. The van der Waals surface area contributed by atoms with E-state index in [2.05, 4.69) is 4.98 Å². The molecule has 0 fully saturated rings. The van der Waals surface area contributed by atoms with Gasteiger partial charge in [0.05, 0.1) is 17.6 Å². The van der Waals surface area contributed by atoms with Gasteiger partial charge in [0.25, 0.3) is 5.56 Å². The highest BCUT2D eigenvalue weighted by Crippen LogP contribution is 2.39. The second-order valence-electron chi connectivity index (χ2n) is 7.49. The van der Waals surface area contributed by atoms with Gasteiger partial charge in [0, 0.05) is 41.2 Å². The van der Waals surface area contributed by atoms with Crippen LogP contribution in [0.1, 0.15) is 0 Å². The van der Waals surface area contributed by atoms with Crippen LogP contribution in [0.25, 0.3) is 32.9 Å². The quantitative estimate of drug-likeness (QED) is 0.363. The molecule has 0 atom stereocenters. The van der Waals surface area contributed by atoms with E-state index in [1.807, 2.05) is 42.1 Å². The van der Waals surface area contributed by atoms with Crippen molar-refractivity contribution in [2.45, 2.75) is 0 Å². The monoisotopic (exact) mass is 446 g/mol. The Morgan fingerprint density at radius 1 is 1.03 bits per heavy atom. The summed E-state index contributed by atoms with van der Waals surface area (Å²) in [6, 6.07) is 18.3. The Bertz CT molecular complexity index is 1550. The van der Waals surface area contributed by atoms with Crippen LogP contribution in [0.4, 0.5) is 0 Å². The zero-order chi connectivity index (χ0) is 22.4. The normalized spacial score (nSPS) is 11.2. The van der Waals surface area contributed by atoms with Crippen LogP contribution in [0.3, 0.4) is 0 Å². The number of nitrogens with zero attached hydrogens (tertiary/aromatic N) is 1. The summed E-state index contributed by atoms with van der Waals surface area (Å²) in [4.78, 5) is 15.4. The minimum atomic E-state index is -0.563. The number of benzene rings is 3. The first-order chi connectivity index (χ1) is 15.4. The molecule has 2 aromatic heterocycles. The second kappa shape index (κ2) is 7.66. The highest BCUT2D eigenvalue weighted by Gasteiger charge is 2.17. The van der Waals surface area contributed by atoms with E-state index in [1.54, 1.807) is 36.4 Å². The predicted molar refractivity (Wildman–Crippen MR) is 126 cm³/mol. The molecule has 0 amide bonds. The number of fused-ring (bicyclic) bond motifs is 2. The summed E-state index contributed by atoms with van der Waals surface area (Å²) >= 11 is 6.55. The maximum absolute atomic E-state index is 12.6. The molecule has 7 heteroatoms. The van der Waals surface area contributed by atoms with E-state index < -0.39 is 5.56 Å². The molecule has 0 radical (unpaired) electrons. The second-order valence-corrected chi connectivity index (χ2v) is 7.90. The van der Waals surface area contributed by atoms with Gasteiger partial charge in [0.1, 0.15) is 11.5 Å². The summed E-state index contributed by atoms with van der Waals surface area (Å²) in [5.74, 6) is 0.487. The molecule has 0 saturated heterocycles. The van der Waals surface area contributed by atoms with Gasteiger partial charge in [-0.2, -0.15) is 0 Å². The van der Waals surface area contributed by atoms with Crippen molar-refractivity contribution in [3.8, 4) is 34.1 Å². The number of aromatic hydroxyl groups is 1. The van der Waals surface area contributed by atoms with Crippen molar-refractivity contribution in [2.75, 3.05) is 7.11 Å². The molecule has 32 heavy (non-hydrogen) atoms. The highest BCUT2D eigenvalue weighted by molar-refractivity contribution is 6.34. The molecule has 5 aromatic rings. The van der Waals surface area contributed by atoms with Gasteiger partial charge in [-0.1, -0.05) is 23.7 Å². The lowest BCUT2D eigenvalue weighted by Gasteiger charge is -2.12. The number of hydrogen-bond acceptors (Lipinski definition) is 4. The summed E-state index contributed by atoms with van der Waals surface area (Å²) < 4.78 is 12.9. The predicted octanol–water partition coefficient (Wildman–Crippen LogP) is 5.85. The Morgan fingerprint density at radius 3 is 2.66 bits per heavy atom. The minimum Gasteiger partial charge on any atom is -0.504 e. The fourth-order valence-corrected chi connectivity index (χ4v) is 4.10. The van der Waals surface area contributed by atoms with Crippen molar-refractivity contribution in [2.24, 2.45) is 7.05 Å². The third-order valence-electron chi connectivity index (χ3n) is 5.49. The maximum atomic E-state index is 12.6. The summed E-state index contributed by atoms with van der Waals surface area (Å²) in [6.45, 7) is 0. The first kappa shape index (κ1) is 20.0. The number of H-pyrrole nitrogens is 1. The smallest absolute Gasteiger partial charge is 0.295 e. The van der Waals surface area contributed by atoms with Crippen LogP contribution in [-0.2, 0) is 7.05 Å². The lowest BCUT2D eigenvalue weighted by Crippen LogP contribution is -2.09. The topological polar surface area (TPSA) is 76.5 Å². The van der Waals surface area contributed by atoms with Gasteiger partial charge in [-0.05, 0) is 48.0 Å². The molecule has 0 bridgehead atoms. The molecule has 0 aliphatic rings. The van der Waals surface area contributed by atoms with Crippen molar-refractivity contribution >= 4 is 33.4 Å². The number of halogens is 1. The molecule has 3 aromatic carbocycles. The first-order valence-corrected chi connectivity index (χ1v) is 10.3. The molecule has 2 N–H and O–H groups in total. The van der Waals surface area contributed by atoms with E-state index in [9.17, 15) is 9.90 Å². The summed E-state index contributed by atoms with van der Waals surface area (Å²) in [5, 5.41) is 12.9. The molecule has 0 aliphatic carbocycles. The van der Waals surface area contributed by atoms with Crippen molar-refractivity contribution in [1.82, 2.24) is 9.55 Å². The molecular weight excluding hydrogens is 428 g/mol. The summed E-state index contributed by atoms with van der Waals surface area (Å²) in [5.41, 5.74) is 2.59. The van der Waals surface area contributed by atoms with Gasteiger partial charge in [-0.3, -0.25) is 4.79 Å². The van der Waals surface area contributed by atoms with Gasteiger partial charge < -0.3 is 24.1 Å². The van der Waals surface area contributed by atoms with E-state index in [-0.39, 0.29) is 11.5 Å². The van der Waals surface area contributed by atoms with E-state index in [4.69, 9.17) is 21.1 Å². The molecular formula is C25H19ClN2O4. The number of aromatic amines is 1. The Morgan fingerprint density at radius 2 is 1.84 bits per heavy atom. The molecule has 0 aliphatic heterocycles. The Kier molecular flexibility index (Phi) is 4.79. The average Bonchev–Trinajstić information content (AvgIpc) is 3.16. The van der Waals surface area contributed by atoms with E-state index in [1.165, 1.54) is 7.11 Å². The number of aryl methyl sites for hydroxylation is 1. The zero-order valence-electron chi connectivity index (χ0n) is 17.3. The van der Waals surface area contributed by atoms with Crippen LogP contribution in [0.5, 0.6) is 23.0 Å². The Balaban J connectivity index is 1.65. The van der Waals surface area contributed by atoms with E-state index >= 15 is 0 Å². The van der Waals surface area contributed by atoms with E-state index in [0.29, 0.717) is 27.4 Å². The van der Waals surface area contributed by atoms with Gasteiger partial charge in [-0.25, -0.2) is 0 Å². The van der Waals surface area contributed by atoms with Crippen molar-refractivity contribution in [3.05, 3.63) is 82.2 Å². The van der Waals surface area contributed by atoms with Crippen LogP contribution in [-0.4, -0.2) is 21.8 Å². The zero-order valence-corrected chi connectivity index (χ0v) is 18.1.